The Hall–Kier alpha value is -2.93. The normalized spacial score (nSPS) is 10.5. The van der Waals surface area contributed by atoms with Gasteiger partial charge in [-0.05, 0) is 57.4 Å². The number of pyridine rings is 1. The molecule has 0 radical (unpaired) electrons. The number of hydrogen-bond acceptors (Lipinski definition) is 5. The molecule has 0 fully saturated rings. The number of carbonyl (C=O) groups is 2. The molecule has 0 saturated carbocycles. The first-order valence-corrected chi connectivity index (χ1v) is 8.42. The van der Waals surface area contributed by atoms with Gasteiger partial charge in [-0.2, -0.15) is 0 Å². The molecule has 26 heavy (non-hydrogen) atoms. The number of anilines is 1. The summed E-state index contributed by atoms with van der Waals surface area (Å²) in [4.78, 5) is 30.5. The third-order valence-corrected chi connectivity index (χ3v) is 3.52. The van der Waals surface area contributed by atoms with Crippen molar-refractivity contribution in [3.8, 4) is 5.75 Å². The minimum atomic E-state index is -0.378. The van der Waals surface area contributed by atoms with Gasteiger partial charge in [0.15, 0.2) is 0 Å². The molecule has 0 bridgehead atoms. The fraction of sp³-hybridized carbons (Fsp3) is 0.316. The van der Waals surface area contributed by atoms with Crippen LogP contribution in [0.25, 0.3) is 0 Å². The van der Waals surface area contributed by atoms with E-state index in [0.717, 1.165) is 12.3 Å². The number of hydrogen-bond donors (Lipinski definition) is 2. The molecule has 2 aromatic rings. The minimum Gasteiger partial charge on any atom is -0.494 e. The zero-order valence-electron chi connectivity index (χ0n) is 15.3. The maximum Gasteiger partial charge on any atom is 0.274 e. The number of aromatic nitrogens is 1. The molecule has 1 aromatic heterocycles. The first-order valence-electron chi connectivity index (χ1n) is 8.42. The molecule has 0 spiro atoms. The molecule has 0 aliphatic rings. The lowest BCUT2D eigenvalue weighted by Gasteiger charge is -2.11. The van der Waals surface area contributed by atoms with Crippen molar-refractivity contribution in [2.24, 2.45) is 0 Å². The van der Waals surface area contributed by atoms with Gasteiger partial charge >= 0.3 is 0 Å². The number of amides is 2. The van der Waals surface area contributed by atoms with Crippen LogP contribution in [-0.2, 0) is 0 Å². The van der Waals surface area contributed by atoms with E-state index in [4.69, 9.17) is 4.74 Å². The van der Waals surface area contributed by atoms with Crippen LogP contribution < -0.4 is 15.4 Å². The second-order valence-corrected chi connectivity index (χ2v) is 5.90. The Bertz CT molecular complexity index is 745. The first-order chi connectivity index (χ1) is 12.5. The Morgan fingerprint density at radius 2 is 1.85 bits per heavy atom. The van der Waals surface area contributed by atoms with E-state index < -0.39 is 0 Å². The van der Waals surface area contributed by atoms with E-state index in [9.17, 15) is 9.59 Å². The summed E-state index contributed by atoms with van der Waals surface area (Å²) in [5.41, 5.74) is 1.20. The fourth-order valence-electron chi connectivity index (χ4n) is 2.19. The van der Waals surface area contributed by atoms with Crippen LogP contribution in [0.2, 0.25) is 0 Å². The quantitative estimate of drug-likeness (QED) is 0.756. The molecule has 1 aromatic carbocycles. The minimum absolute atomic E-state index is 0.180. The topological polar surface area (TPSA) is 83.6 Å². The molecule has 1 heterocycles. The van der Waals surface area contributed by atoms with Gasteiger partial charge in [0.25, 0.3) is 11.8 Å². The van der Waals surface area contributed by atoms with E-state index in [0.29, 0.717) is 24.4 Å². The van der Waals surface area contributed by atoms with Crippen LogP contribution in [0, 0.1) is 0 Å². The van der Waals surface area contributed by atoms with E-state index in [1.54, 1.807) is 30.3 Å². The van der Waals surface area contributed by atoms with Crippen LogP contribution in [0.15, 0.2) is 42.6 Å². The van der Waals surface area contributed by atoms with E-state index in [1.165, 1.54) is 12.3 Å². The van der Waals surface area contributed by atoms with E-state index >= 15 is 0 Å². The van der Waals surface area contributed by atoms with Crippen LogP contribution >= 0.6 is 0 Å². The second kappa shape index (κ2) is 9.53. The molecule has 0 aliphatic carbocycles. The molecule has 7 nitrogen and oxygen atoms in total. The Morgan fingerprint density at radius 1 is 1.12 bits per heavy atom. The van der Waals surface area contributed by atoms with E-state index in [-0.39, 0.29) is 17.5 Å². The van der Waals surface area contributed by atoms with Gasteiger partial charge < -0.3 is 20.3 Å². The molecule has 0 unspecified atom stereocenters. The molecule has 7 heteroatoms. The second-order valence-electron chi connectivity index (χ2n) is 5.90. The van der Waals surface area contributed by atoms with Gasteiger partial charge in [-0.1, -0.05) is 0 Å². The predicted octanol–water partition coefficient (Wildman–Crippen LogP) is 2.02. The lowest BCUT2D eigenvalue weighted by atomic mass is 10.2. The van der Waals surface area contributed by atoms with Gasteiger partial charge in [0.1, 0.15) is 11.4 Å². The molecular weight excluding hydrogens is 332 g/mol. The van der Waals surface area contributed by atoms with Crippen molar-refractivity contribution in [3.05, 3.63) is 53.9 Å². The van der Waals surface area contributed by atoms with Gasteiger partial charge in [-0.25, -0.2) is 0 Å². The van der Waals surface area contributed by atoms with Crippen molar-refractivity contribution in [1.29, 1.82) is 0 Å². The zero-order valence-corrected chi connectivity index (χ0v) is 15.3. The Morgan fingerprint density at radius 3 is 2.50 bits per heavy atom. The summed E-state index contributed by atoms with van der Waals surface area (Å²) >= 11 is 0. The number of benzene rings is 1. The van der Waals surface area contributed by atoms with Gasteiger partial charge in [0, 0.05) is 30.5 Å². The van der Waals surface area contributed by atoms with Crippen LogP contribution in [0.1, 0.15) is 27.8 Å². The summed E-state index contributed by atoms with van der Waals surface area (Å²) in [6.07, 6.45) is 1.45. The van der Waals surface area contributed by atoms with Crippen molar-refractivity contribution in [2.75, 3.05) is 39.1 Å². The average Bonchev–Trinajstić information content (AvgIpc) is 2.63. The summed E-state index contributed by atoms with van der Waals surface area (Å²) in [7, 11) is 3.86. The van der Waals surface area contributed by atoms with Crippen LogP contribution in [-0.4, -0.2) is 55.5 Å². The Kier molecular flexibility index (Phi) is 7.11. The van der Waals surface area contributed by atoms with Crippen molar-refractivity contribution in [1.82, 2.24) is 15.2 Å². The average molecular weight is 356 g/mol. The number of rotatable bonds is 8. The zero-order chi connectivity index (χ0) is 18.9. The van der Waals surface area contributed by atoms with Crippen molar-refractivity contribution in [2.45, 2.75) is 6.92 Å². The summed E-state index contributed by atoms with van der Waals surface area (Å²) < 4.78 is 5.37. The summed E-state index contributed by atoms with van der Waals surface area (Å²) in [6.45, 7) is 3.76. The van der Waals surface area contributed by atoms with Crippen LogP contribution in [0.3, 0.4) is 0 Å². The highest BCUT2D eigenvalue weighted by molar-refractivity contribution is 6.04. The van der Waals surface area contributed by atoms with Crippen LogP contribution in [0.4, 0.5) is 5.69 Å². The monoisotopic (exact) mass is 356 g/mol. The molecule has 0 aliphatic heterocycles. The first kappa shape index (κ1) is 19.4. The van der Waals surface area contributed by atoms with Crippen LogP contribution in [0.5, 0.6) is 5.75 Å². The molecule has 0 atom stereocenters. The maximum absolute atomic E-state index is 12.4. The van der Waals surface area contributed by atoms with E-state index in [2.05, 4.69) is 15.6 Å². The van der Waals surface area contributed by atoms with E-state index in [1.807, 2.05) is 25.9 Å². The highest BCUT2D eigenvalue weighted by Gasteiger charge is 2.12. The summed E-state index contributed by atoms with van der Waals surface area (Å²) in [6, 6.07) is 10.1. The van der Waals surface area contributed by atoms with Gasteiger partial charge in [0.2, 0.25) is 0 Å². The number of likely N-dealkylation sites (N-methyl/N-ethyl adjacent to an activating group) is 1. The summed E-state index contributed by atoms with van der Waals surface area (Å²) in [5.74, 6) is 0.126. The Balaban J connectivity index is 1.99. The fourth-order valence-corrected chi connectivity index (χ4v) is 2.19. The lowest BCUT2D eigenvalue weighted by molar-refractivity contribution is 0.0951. The largest absolute Gasteiger partial charge is 0.494 e. The third-order valence-electron chi connectivity index (χ3n) is 3.52. The Labute approximate surface area is 153 Å². The molecule has 0 saturated heterocycles. The standard InChI is InChI=1S/C19H24N4O3/c1-4-26-16-7-5-15(6-8-16)22-19(25)17-13-14(9-10-20-17)18(24)21-11-12-23(2)3/h5-10,13H,4,11-12H2,1-3H3,(H,21,24)(H,22,25). The molecule has 2 N–H and O–H groups in total. The van der Waals surface area contributed by atoms with Crippen molar-refractivity contribution < 1.29 is 14.3 Å². The predicted molar refractivity (Wildman–Crippen MR) is 101 cm³/mol. The van der Waals surface area contributed by atoms with Gasteiger partial charge in [-0.15, -0.1) is 0 Å². The smallest absolute Gasteiger partial charge is 0.274 e. The van der Waals surface area contributed by atoms with Gasteiger partial charge in [-0.3, -0.25) is 14.6 Å². The third kappa shape index (κ3) is 5.86. The summed E-state index contributed by atoms with van der Waals surface area (Å²) in [5, 5.41) is 5.57. The van der Waals surface area contributed by atoms with Gasteiger partial charge in [0.05, 0.1) is 6.61 Å². The molecule has 2 amide bonds. The number of carbonyl (C=O) groups excluding carboxylic acids is 2. The molecule has 2 rings (SSSR count). The maximum atomic E-state index is 12.4. The number of nitrogens with zero attached hydrogens (tertiary/aromatic N) is 2. The van der Waals surface area contributed by atoms with Crippen molar-refractivity contribution in [3.63, 3.8) is 0 Å². The highest BCUT2D eigenvalue weighted by atomic mass is 16.5. The van der Waals surface area contributed by atoms with Crippen molar-refractivity contribution >= 4 is 17.5 Å². The lowest BCUT2D eigenvalue weighted by Crippen LogP contribution is -2.31. The SMILES string of the molecule is CCOc1ccc(NC(=O)c2cc(C(=O)NCCN(C)C)ccn2)cc1. The molecular formula is C19H24N4O3. The number of nitrogens with one attached hydrogen (secondary N) is 2. The molecule has 138 valence electrons. The highest BCUT2D eigenvalue weighted by Crippen LogP contribution is 2.16. The number of ether oxygens (including phenoxy) is 1.